The maximum absolute atomic E-state index is 11.7. The van der Waals surface area contributed by atoms with Crippen LogP contribution in [0, 0.1) is 13.8 Å². The predicted molar refractivity (Wildman–Crippen MR) is 91.0 cm³/mol. The highest BCUT2D eigenvalue weighted by Gasteiger charge is 2.23. The van der Waals surface area contributed by atoms with Gasteiger partial charge in [-0.1, -0.05) is 35.2 Å². The summed E-state index contributed by atoms with van der Waals surface area (Å²) in [4.78, 5) is 11.7. The topological polar surface area (TPSA) is 66.9 Å². The Kier molecular flexibility index (Phi) is 4.63. The van der Waals surface area contributed by atoms with Crippen LogP contribution in [0.25, 0.3) is 0 Å². The van der Waals surface area contributed by atoms with Gasteiger partial charge in [0.25, 0.3) is 0 Å². The van der Waals surface area contributed by atoms with Crippen LogP contribution in [-0.2, 0) is 4.79 Å². The predicted octanol–water partition coefficient (Wildman–Crippen LogP) is 3.27. The number of hydrogen-bond acceptors (Lipinski definition) is 6. The largest absolute Gasteiger partial charge is 0.353 e. The Morgan fingerprint density at radius 1 is 1.36 bits per heavy atom. The van der Waals surface area contributed by atoms with E-state index in [4.69, 9.17) is 0 Å². The number of thioether (sulfide) groups is 1. The van der Waals surface area contributed by atoms with Gasteiger partial charge in [0.2, 0.25) is 11.0 Å². The third-order valence-corrected chi connectivity index (χ3v) is 5.49. The van der Waals surface area contributed by atoms with E-state index >= 15 is 0 Å². The Labute approximate surface area is 137 Å². The van der Waals surface area contributed by atoms with Crippen LogP contribution in [0.15, 0.2) is 22.5 Å². The van der Waals surface area contributed by atoms with Gasteiger partial charge >= 0.3 is 0 Å². The van der Waals surface area contributed by atoms with Gasteiger partial charge in [0.1, 0.15) is 0 Å². The number of benzene rings is 1. The van der Waals surface area contributed by atoms with Gasteiger partial charge in [-0.2, -0.15) is 0 Å². The van der Waals surface area contributed by atoms with Crippen molar-refractivity contribution in [1.82, 2.24) is 15.5 Å². The molecule has 0 aliphatic heterocycles. The number of anilines is 2. The summed E-state index contributed by atoms with van der Waals surface area (Å²) < 4.78 is 0.804. The highest BCUT2D eigenvalue weighted by atomic mass is 32.2. The van der Waals surface area contributed by atoms with Gasteiger partial charge in [0.15, 0.2) is 4.34 Å². The van der Waals surface area contributed by atoms with Crippen molar-refractivity contribution < 1.29 is 4.79 Å². The van der Waals surface area contributed by atoms with Gasteiger partial charge in [-0.15, -0.1) is 10.2 Å². The minimum absolute atomic E-state index is 0.0757. The molecule has 5 nitrogen and oxygen atoms in total. The molecule has 3 rings (SSSR count). The second-order valence-corrected chi connectivity index (χ2v) is 7.58. The third kappa shape index (κ3) is 3.98. The molecule has 0 bridgehead atoms. The van der Waals surface area contributed by atoms with E-state index < -0.39 is 0 Å². The molecule has 2 aromatic rings. The molecule has 1 heterocycles. The van der Waals surface area contributed by atoms with E-state index in [1.165, 1.54) is 34.2 Å². The molecule has 1 aromatic heterocycles. The molecule has 0 atom stereocenters. The molecule has 22 heavy (non-hydrogen) atoms. The maximum Gasteiger partial charge on any atom is 0.230 e. The summed E-state index contributed by atoms with van der Waals surface area (Å²) in [5.74, 6) is 0.473. The van der Waals surface area contributed by atoms with Crippen LogP contribution >= 0.6 is 23.1 Å². The SMILES string of the molecule is Cc1cccc(Nc2nnc(SCC(=O)NC3CC3)s2)c1C. The Bertz CT molecular complexity index is 682. The number of rotatable bonds is 6. The van der Waals surface area contributed by atoms with Crippen molar-refractivity contribution in [3.63, 3.8) is 0 Å². The van der Waals surface area contributed by atoms with Crippen LogP contribution in [0.3, 0.4) is 0 Å². The van der Waals surface area contributed by atoms with Gasteiger partial charge < -0.3 is 10.6 Å². The molecule has 2 N–H and O–H groups in total. The fourth-order valence-electron chi connectivity index (χ4n) is 1.94. The Balaban J connectivity index is 1.56. The summed E-state index contributed by atoms with van der Waals surface area (Å²) in [5.41, 5.74) is 3.48. The van der Waals surface area contributed by atoms with E-state index in [-0.39, 0.29) is 5.91 Å². The van der Waals surface area contributed by atoms with E-state index in [2.05, 4.69) is 40.7 Å². The summed E-state index contributed by atoms with van der Waals surface area (Å²) >= 11 is 2.90. The lowest BCUT2D eigenvalue weighted by molar-refractivity contribution is -0.118. The van der Waals surface area contributed by atoms with Crippen LogP contribution in [0.2, 0.25) is 0 Å². The highest BCUT2D eigenvalue weighted by Crippen LogP contribution is 2.29. The summed E-state index contributed by atoms with van der Waals surface area (Å²) in [6.07, 6.45) is 2.22. The summed E-state index contributed by atoms with van der Waals surface area (Å²) in [7, 11) is 0. The molecule has 1 fully saturated rings. The van der Waals surface area contributed by atoms with Crippen molar-refractivity contribution in [3.8, 4) is 0 Å². The molecular formula is C15H18N4OS2. The van der Waals surface area contributed by atoms with Crippen LogP contribution in [0.1, 0.15) is 24.0 Å². The van der Waals surface area contributed by atoms with E-state index in [1.807, 2.05) is 12.1 Å². The first kappa shape index (κ1) is 15.3. The lowest BCUT2D eigenvalue weighted by Gasteiger charge is -2.08. The van der Waals surface area contributed by atoms with E-state index in [0.717, 1.165) is 28.0 Å². The molecule has 0 saturated heterocycles. The number of carbonyl (C=O) groups is 1. The Morgan fingerprint density at radius 3 is 2.95 bits per heavy atom. The van der Waals surface area contributed by atoms with Crippen LogP contribution < -0.4 is 10.6 Å². The third-order valence-electron chi connectivity index (χ3n) is 3.52. The number of amides is 1. The maximum atomic E-state index is 11.7. The minimum Gasteiger partial charge on any atom is -0.353 e. The smallest absolute Gasteiger partial charge is 0.230 e. The summed E-state index contributed by atoms with van der Waals surface area (Å²) in [6, 6.07) is 6.54. The second kappa shape index (κ2) is 6.66. The monoisotopic (exact) mass is 334 g/mol. The first-order valence-electron chi connectivity index (χ1n) is 7.21. The highest BCUT2D eigenvalue weighted by molar-refractivity contribution is 8.01. The fraction of sp³-hybridized carbons (Fsp3) is 0.400. The first-order valence-corrected chi connectivity index (χ1v) is 9.01. The molecule has 0 radical (unpaired) electrons. The van der Waals surface area contributed by atoms with E-state index in [0.29, 0.717) is 11.8 Å². The van der Waals surface area contributed by atoms with E-state index in [1.54, 1.807) is 0 Å². The van der Waals surface area contributed by atoms with Gasteiger partial charge in [-0.05, 0) is 43.9 Å². The fourth-order valence-corrected chi connectivity index (χ4v) is 3.52. The van der Waals surface area contributed by atoms with Gasteiger partial charge in [-0.25, -0.2) is 0 Å². The van der Waals surface area contributed by atoms with Crippen molar-refractivity contribution in [1.29, 1.82) is 0 Å². The number of nitrogens with one attached hydrogen (secondary N) is 2. The number of aryl methyl sites for hydroxylation is 1. The van der Waals surface area contributed by atoms with Crippen molar-refractivity contribution in [3.05, 3.63) is 29.3 Å². The minimum atomic E-state index is 0.0757. The Morgan fingerprint density at radius 2 is 2.18 bits per heavy atom. The number of aromatic nitrogens is 2. The first-order chi connectivity index (χ1) is 10.6. The molecular weight excluding hydrogens is 316 g/mol. The van der Waals surface area contributed by atoms with Gasteiger partial charge in [0, 0.05) is 11.7 Å². The second-order valence-electron chi connectivity index (χ2n) is 5.38. The average molecular weight is 334 g/mol. The molecule has 1 amide bonds. The van der Waals surface area contributed by atoms with Crippen molar-refractivity contribution in [2.45, 2.75) is 37.1 Å². The zero-order valence-electron chi connectivity index (χ0n) is 12.5. The molecule has 1 aliphatic rings. The normalized spacial score (nSPS) is 13.9. The van der Waals surface area contributed by atoms with Crippen LogP contribution in [0.4, 0.5) is 10.8 Å². The van der Waals surface area contributed by atoms with Crippen molar-refractivity contribution in [2.24, 2.45) is 0 Å². The zero-order chi connectivity index (χ0) is 15.5. The molecule has 116 valence electrons. The molecule has 0 spiro atoms. The molecule has 7 heteroatoms. The zero-order valence-corrected chi connectivity index (χ0v) is 14.2. The molecule has 0 unspecified atom stereocenters. The molecule has 1 saturated carbocycles. The lowest BCUT2D eigenvalue weighted by atomic mass is 10.1. The summed E-state index contributed by atoms with van der Waals surface area (Å²) in [5, 5.41) is 15.3. The van der Waals surface area contributed by atoms with Crippen LogP contribution in [-0.4, -0.2) is 27.9 Å². The Hall–Kier alpha value is -1.60. The molecule has 1 aliphatic carbocycles. The standard InChI is InChI=1S/C15H18N4OS2/c1-9-4-3-5-12(10(9)2)17-14-18-19-15(22-14)21-8-13(20)16-11-6-7-11/h3-5,11H,6-8H2,1-2H3,(H,16,20)(H,17,18). The lowest BCUT2D eigenvalue weighted by Crippen LogP contribution is -2.26. The average Bonchev–Trinajstić information content (AvgIpc) is 3.19. The quantitative estimate of drug-likeness (QED) is 0.794. The van der Waals surface area contributed by atoms with Crippen LogP contribution in [0.5, 0.6) is 0 Å². The van der Waals surface area contributed by atoms with Gasteiger partial charge in [-0.3, -0.25) is 4.79 Å². The number of carbonyl (C=O) groups excluding carboxylic acids is 1. The van der Waals surface area contributed by atoms with E-state index in [9.17, 15) is 4.79 Å². The number of nitrogens with zero attached hydrogens (tertiary/aromatic N) is 2. The van der Waals surface area contributed by atoms with Gasteiger partial charge in [0.05, 0.1) is 5.75 Å². The molecule has 1 aromatic carbocycles. The number of hydrogen-bond donors (Lipinski definition) is 2. The summed E-state index contributed by atoms with van der Waals surface area (Å²) in [6.45, 7) is 4.16. The van der Waals surface area contributed by atoms with Crippen molar-refractivity contribution >= 4 is 39.8 Å². The van der Waals surface area contributed by atoms with Crippen molar-refractivity contribution in [2.75, 3.05) is 11.1 Å².